The Bertz CT molecular complexity index is 759. The van der Waals surface area contributed by atoms with E-state index in [1.165, 1.54) is 0 Å². The van der Waals surface area contributed by atoms with Crippen LogP contribution in [0.2, 0.25) is 0 Å². The van der Waals surface area contributed by atoms with Crippen LogP contribution >= 0.6 is 0 Å². The fraction of sp³-hybridized carbons (Fsp3) is 0.455. The molecule has 1 saturated heterocycles. The SMILES string of the molecule is CCCOc1ccc(C(=O)N2CCN(c3ccccn3)CC2)cc1OCCC. The first kappa shape index (κ1) is 20.0. The number of nitrogens with zero attached hydrogens (tertiary/aromatic N) is 3. The Balaban J connectivity index is 1.66. The van der Waals surface area contributed by atoms with Crippen LogP contribution in [0.1, 0.15) is 37.0 Å². The quantitative estimate of drug-likeness (QED) is 0.697. The topological polar surface area (TPSA) is 54.9 Å². The molecule has 6 nitrogen and oxygen atoms in total. The van der Waals surface area contributed by atoms with Crippen LogP contribution in [0.25, 0.3) is 0 Å². The van der Waals surface area contributed by atoms with Crippen molar-refractivity contribution in [2.24, 2.45) is 0 Å². The molecule has 0 saturated carbocycles. The van der Waals surface area contributed by atoms with E-state index in [1.807, 2.05) is 41.3 Å². The first-order chi connectivity index (χ1) is 13.7. The minimum atomic E-state index is 0.0315. The number of piperazine rings is 1. The minimum Gasteiger partial charge on any atom is -0.490 e. The Kier molecular flexibility index (Phi) is 7.12. The lowest BCUT2D eigenvalue weighted by molar-refractivity contribution is 0.0746. The number of ether oxygens (including phenoxy) is 2. The van der Waals surface area contributed by atoms with E-state index in [9.17, 15) is 4.79 Å². The summed E-state index contributed by atoms with van der Waals surface area (Å²) in [4.78, 5) is 21.5. The molecule has 0 spiro atoms. The number of pyridine rings is 1. The van der Waals surface area contributed by atoms with Crippen molar-refractivity contribution in [2.45, 2.75) is 26.7 Å². The van der Waals surface area contributed by atoms with Crippen LogP contribution in [0.5, 0.6) is 11.5 Å². The summed E-state index contributed by atoms with van der Waals surface area (Å²) in [5, 5.41) is 0. The number of benzene rings is 1. The molecule has 1 aromatic heterocycles. The molecule has 0 bridgehead atoms. The van der Waals surface area contributed by atoms with E-state index in [4.69, 9.17) is 9.47 Å². The summed E-state index contributed by atoms with van der Waals surface area (Å²) in [6.07, 6.45) is 3.63. The second-order valence-electron chi connectivity index (χ2n) is 6.83. The van der Waals surface area contributed by atoms with E-state index in [0.717, 1.165) is 31.7 Å². The van der Waals surface area contributed by atoms with E-state index in [-0.39, 0.29) is 5.91 Å². The maximum Gasteiger partial charge on any atom is 0.254 e. The zero-order chi connectivity index (χ0) is 19.8. The molecule has 2 aromatic rings. The summed E-state index contributed by atoms with van der Waals surface area (Å²) in [6.45, 7) is 8.26. The highest BCUT2D eigenvalue weighted by Gasteiger charge is 2.23. The van der Waals surface area contributed by atoms with Crippen LogP contribution in [0.3, 0.4) is 0 Å². The second kappa shape index (κ2) is 9.97. The lowest BCUT2D eigenvalue weighted by atomic mass is 10.1. The fourth-order valence-corrected chi connectivity index (χ4v) is 3.16. The Morgan fingerprint density at radius 2 is 1.68 bits per heavy atom. The van der Waals surface area contributed by atoms with Crippen molar-refractivity contribution in [3.8, 4) is 11.5 Å². The highest BCUT2D eigenvalue weighted by Crippen LogP contribution is 2.29. The van der Waals surface area contributed by atoms with E-state index >= 15 is 0 Å². The van der Waals surface area contributed by atoms with Crippen molar-refractivity contribution in [2.75, 3.05) is 44.3 Å². The van der Waals surface area contributed by atoms with Gasteiger partial charge in [-0.1, -0.05) is 19.9 Å². The van der Waals surface area contributed by atoms with Gasteiger partial charge in [-0.3, -0.25) is 4.79 Å². The predicted octanol–water partition coefficient (Wildman–Crippen LogP) is 3.62. The molecule has 1 aliphatic heterocycles. The summed E-state index contributed by atoms with van der Waals surface area (Å²) in [5.74, 6) is 2.34. The summed E-state index contributed by atoms with van der Waals surface area (Å²) in [5.41, 5.74) is 0.640. The molecule has 1 fully saturated rings. The van der Waals surface area contributed by atoms with E-state index in [2.05, 4.69) is 23.7 Å². The van der Waals surface area contributed by atoms with Crippen molar-refractivity contribution < 1.29 is 14.3 Å². The minimum absolute atomic E-state index is 0.0315. The maximum atomic E-state index is 13.0. The van der Waals surface area contributed by atoms with Gasteiger partial charge in [0.2, 0.25) is 0 Å². The average Bonchev–Trinajstić information content (AvgIpc) is 2.76. The number of aromatic nitrogens is 1. The van der Waals surface area contributed by atoms with Crippen LogP contribution in [-0.2, 0) is 0 Å². The van der Waals surface area contributed by atoms with Crippen LogP contribution in [0, 0.1) is 0 Å². The molecule has 0 N–H and O–H groups in total. The number of carbonyl (C=O) groups is 1. The van der Waals surface area contributed by atoms with E-state index in [0.29, 0.717) is 43.4 Å². The van der Waals surface area contributed by atoms with Crippen LogP contribution in [-0.4, -0.2) is 55.2 Å². The largest absolute Gasteiger partial charge is 0.490 e. The number of carbonyl (C=O) groups excluding carboxylic acids is 1. The maximum absolute atomic E-state index is 13.0. The highest BCUT2D eigenvalue weighted by molar-refractivity contribution is 5.95. The van der Waals surface area contributed by atoms with Crippen molar-refractivity contribution >= 4 is 11.7 Å². The molecule has 1 aromatic carbocycles. The Hall–Kier alpha value is -2.76. The third-order valence-electron chi connectivity index (χ3n) is 4.65. The monoisotopic (exact) mass is 383 g/mol. The molecule has 0 atom stereocenters. The summed E-state index contributed by atoms with van der Waals surface area (Å²) < 4.78 is 11.6. The zero-order valence-electron chi connectivity index (χ0n) is 16.8. The molecule has 0 radical (unpaired) electrons. The predicted molar refractivity (Wildman–Crippen MR) is 110 cm³/mol. The smallest absolute Gasteiger partial charge is 0.254 e. The average molecular weight is 383 g/mol. The third kappa shape index (κ3) is 4.94. The van der Waals surface area contributed by atoms with Gasteiger partial charge in [0, 0.05) is 37.9 Å². The van der Waals surface area contributed by atoms with Gasteiger partial charge >= 0.3 is 0 Å². The van der Waals surface area contributed by atoms with Crippen molar-refractivity contribution in [3.63, 3.8) is 0 Å². The standard InChI is InChI=1S/C22H29N3O3/c1-3-15-27-19-9-8-18(17-20(19)28-16-4-2)22(26)25-13-11-24(12-14-25)21-7-5-6-10-23-21/h5-10,17H,3-4,11-16H2,1-2H3. The van der Waals surface area contributed by atoms with Crippen molar-refractivity contribution in [1.29, 1.82) is 0 Å². The van der Waals surface area contributed by atoms with Gasteiger partial charge in [0.25, 0.3) is 5.91 Å². The Morgan fingerprint density at radius 1 is 0.964 bits per heavy atom. The number of hydrogen-bond acceptors (Lipinski definition) is 5. The number of amides is 1. The first-order valence-corrected chi connectivity index (χ1v) is 10.1. The normalized spacial score (nSPS) is 14.1. The van der Waals surface area contributed by atoms with E-state index < -0.39 is 0 Å². The molecule has 1 amide bonds. The lowest BCUT2D eigenvalue weighted by Gasteiger charge is -2.35. The number of hydrogen-bond donors (Lipinski definition) is 0. The Labute approximate surface area is 167 Å². The highest BCUT2D eigenvalue weighted by atomic mass is 16.5. The van der Waals surface area contributed by atoms with Gasteiger partial charge in [0.1, 0.15) is 5.82 Å². The summed E-state index contributed by atoms with van der Waals surface area (Å²) >= 11 is 0. The van der Waals surface area contributed by atoms with Gasteiger partial charge in [0.05, 0.1) is 13.2 Å². The van der Waals surface area contributed by atoms with Crippen LogP contribution in [0.4, 0.5) is 5.82 Å². The molecule has 150 valence electrons. The van der Waals surface area contributed by atoms with Crippen molar-refractivity contribution in [3.05, 3.63) is 48.2 Å². The van der Waals surface area contributed by atoms with Crippen LogP contribution in [0.15, 0.2) is 42.6 Å². The first-order valence-electron chi connectivity index (χ1n) is 10.1. The van der Waals surface area contributed by atoms with Gasteiger partial charge in [-0.2, -0.15) is 0 Å². The van der Waals surface area contributed by atoms with Crippen LogP contribution < -0.4 is 14.4 Å². The fourth-order valence-electron chi connectivity index (χ4n) is 3.16. The van der Waals surface area contributed by atoms with Gasteiger partial charge in [-0.25, -0.2) is 4.98 Å². The molecule has 2 heterocycles. The van der Waals surface area contributed by atoms with Gasteiger partial charge in [-0.05, 0) is 43.2 Å². The summed E-state index contributed by atoms with van der Waals surface area (Å²) in [6, 6.07) is 11.4. The van der Waals surface area contributed by atoms with Gasteiger partial charge in [-0.15, -0.1) is 0 Å². The molecular weight excluding hydrogens is 354 g/mol. The molecule has 28 heavy (non-hydrogen) atoms. The molecular formula is C22H29N3O3. The molecule has 0 unspecified atom stereocenters. The van der Waals surface area contributed by atoms with Gasteiger partial charge < -0.3 is 19.3 Å². The second-order valence-corrected chi connectivity index (χ2v) is 6.83. The molecule has 1 aliphatic rings. The zero-order valence-corrected chi connectivity index (χ0v) is 16.8. The Morgan fingerprint density at radius 3 is 2.32 bits per heavy atom. The number of anilines is 1. The molecule has 6 heteroatoms. The lowest BCUT2D eigenvalue weighted by Crippen LogP contribution is -2.49. The molecule has 3 rings (SSSR count). The molecule has 0 aliphatic carbocycles. The third-order valence-corrected chi connectivity index (χ3v) is 4.65. The van der Waals surface area contributed by atoms with Crippen molar-refractivity contribution in [1.82, 2.24) is 9.88 Å². The summed E-state index contributed by atoms with van der Waals surface area (Å²) in [7, 11) is 0. The van der Waals surface area contributed by atoms with Gasteiger partial charge in [0.15, 0.2) is 11.5 Å². The number of rotatable bonds is 8. The van der Waals surface area contributed by atoms with E-state index in [1.54, 1.807) is 6.20 Å².